The van der Waals surface area contributed by atoms with Crippen LogP contribution in [0.4, 0.5) is 10.1 Å². The highest BCUT2D eigenvalue weighted by Crippen LogP contribution is 2.31. The summed E-state index contributed by atoms with van der Waals surface area (Å²) in [5.74, 6) is -0.521. The molecule has 1 heterocycles. The highest BCUT2D eigenvalue weighted by molar-refractivity contribution is 6.31. The van der Waals surface area contributed by atoms with E-state index in [1.165, 1.54) is 6.07 Å². The fourth-order valence-electron chi connectivity index (χ4n) is 2.38. The second kappa shape index (κ2) is 4.89. The van der Waals surface area contributed by atoms with Gasteiger partial charge in [-0.2, -0.15) is 0 Å². The second-order valence-corrected chi connectivity index (χ2v) is 5.14. The first kappa shape index (κ1) is 13.1. The first-order valence-electron chi connectivity index (χ1n) is 6.18. The first-order chi connectivity index (χ1) is 9.56. The van der Waals surface area contributed by atoms with E-state index in [1.54, 1.807) is 12.1 Å². The topological polar surface area (TPSA) is 55.1 Å². The van der Waals surface area contributed by atoms with Gasteiger partial charge in [-0.25, -0.2) is 4.39 Å². The van der Waals surface area contributed by atoms with Crippen LogP contribution in [0, 0.1) is 5.82 Å². The van der Waals surface area contributed by atoms with Crippen LogP contribution in [0.15, 0.2) is 36.4 Å². The summed E-state index contributed by atoms with van der Waals surface area (Å²) < 4.78 is 13.5. The van der Waals surface area contributed by atoms with E-state index in [4.69, 9.17) is 17.3 Å². The van der Waals surface area contributed by atoms with Crippen molar-refractivity contribution in [3.63, 3.8) is 0 Å². The molecule has 3 N–H and O–H groups in total. The lowest BCUT2D eigenvalue weighted by molar-refractivity contribution is -0.115. The lowest BCUT2D eigenvalue weighted by Gasteiger charge is -2.15. The number of benzene rings is 2. The number of carbonyl (C=O) groups is 1. The monoisotopic (exact) mass is 290 g/mol. The Morgan fingerprint density at radius 2 is 2.10 bits per heavy atom. The Labute approximate surface area is 120 Å². The predicted molar refractivity (Wildman–Crippen MR) is 76.2 cm³/mol. The van der Waals surface area contributed by atoms with Gasteiger partial charge in [0.15, 0.2) is 0 Å². The van der Waals surface area contributed by atoms with Crippen molar-refractivity contribution >= 4 is 23.2 Å². The van der Waals surface area contributed by atoms with Crippen molar-refractivity contribution < 1.29 is 9.18 Å². The highest BCUT2D eigenvalue weighted by atomic mass is 35.5. The summed E-state index contributed by atoms with van der Waals surface area (Å²) in [5.41, 5.74) is 9.19. The summed E-state index contributed by atoms with van der Waals surface area (Å²) in [6, 6.07) is 9.53. The third-order valence-corrected chi connectivity index (χ3v) is 3.83. The Kier molecular flexibility index (Phi) is 3.20. The van der Waals surface area contributed by atoms with Gasteiger partial charge in [-0.15, -0.1) is 0 Å². The standard InChI is InChI=1S/C15H12ClFN2O/c16-14-10(2-1-3-11(14)17)15(18)8-4-5-12-9(6-8)7-13(20)19-12/h1-6,15H,7,18H2,(H,19,20). The minimum absolute atomic E-state index is 0.0329. The molecule has 0 saturated heterocycles. The average molecular weight is 291 g/mol. The molecule has 2 aromatic carbocycles. The first-order valence-corrected chi connectivity index (χ1v) is 6.56. The molecule has 1 amide bonds. The van der Waals surface area contributed by atoms with Gasteiger partial charge in [-0.1, -0.05) is 35.9 Å². The molecule has 2 aromatic rings. The van der Waals surface area contributed by atoms with Crippen LogP contribution in [0.2, 0.25) is 5.02 Å². The molecule has 0 spiro atoms. The molecule has 20 heavy (non-hydrogen) atoms. The van der Waals surface area contributed by atoms with Crippen molar-refractivity contribution in [2.75, 3.05) is 5.32 Å². The van der Waals surface area contributed by atoms with Crippen molar-refractivity contribution in [1.82, 2.24) is 0 Å². The number of hydrogen-bond donors (Lipinski definition) is 2. The minimum Gasteiger partial charge on any atom is -0.326 e. The molecule has 3 nitrogen and oxygen atoms in total. The van der Waals surface area contributed by atoms with E-state index >= 15 is 0 Å². The molecule has 102 valence electrons. The molecule has 0 bridgehead atoms. The zero-order valence-electron chi connectivity index (χ0n) is 10.5. The zero-order valence-corrected chi connectivity index (χ0v) is 11.2. The maximum absolute atomic E-state index is 13.5. The van der Waals surface area contributed by atoms with Crippen LogP contribution in [0.5, 0.6) is 0 Å². The summed E-state index contributed by atoms with van der Waals surface area (Å²) in [4.78, 5) is 11.3. The maximum atomic E-state index is 13.5. The molecular formula is C15H12ClFN2O. The fourth-order valence-corrected chi connectivity index (χ4v) is 2.63. The lowest BCUT2D eigenvalue weighted by Crippen LogP contribution is -2.13. The van der Waals surface area contributed by atoms with Gasteiger partial charge in [-0.3, -0.25) is 4.79 Å². The Balaban J connectivity index is 1.99. The van der Waals surface area contributed by atoms with E-state index in [0.29, 0.717) is 12.0 Å². The van der Waals surface area contributed by atoms with Crippen molar-refractivity contribution in [3.8, 4) is 0 Å². The summed E-state index contributed by atoms with van der Waals surface area (Å²) >= 11 is 5.96. The highest BCUT2D eigenvalue weighted by Gasteiger charge is 2.20. The molecule has 0 fully saturated rings. The maximum Gasteiger partial charge on any atom is 0.228 e. The van der Waals surface area contributed by atoms with Crippen LogP contribution < -0.4 is 11.1 Å². The molecule has 1 atom stereocenters. The minimum atomic E-state index is -0.529. The number of halogens is 2. The van der Waals surface area contributed by atoms with E-state index < -0.39 is 11.9 Å². The van der Waals surface area contributed by atoms with E-state index in [0.717, 1.165) is 16.8 Å². The molecule has 0 aliphatic carbocycles. The molecule has 1 aliphatic heterocycles. The summed E-state index contributed by atoms with van der Waals surface area (Å²) in [7, 11) is 0. The predicted octanol–water partition coefficient (Wildman–Crippen LogP) is 3.02. The molecule has 0 saturated carbocycles. The van der Waals surface area contributed by atoms with Crippen molar-refractivity contribution in [2.45, 2.75) is 12.5 Å². The van der Waals surface area contributed by atoms with Crippen molar-refractivity contribution in [2.24, 2.45) is 5.73 Å². The number of amides is 1. The molecule has 3 rings (SSSR count). The number of rotatable bonds is 2. The van der Waals surface area contributed by atoms with Crippen LogP contribution >= 0.6 is 11.6 Å². The Morgan fingerprint density at radius 1 is 1.30 bits per heavy atom. The van der Waals surface area contributed by atoms with E-state index in [2.05, 4.69) is 5.32 Å². The van der Waals surface area contributed by atoms with Crippen LogP contribution in [0.25, 0.3) is 0 Å². The van der Waals surface area contributed by atoms with Gasteiger partial charge >= 0.3 is 0 Å². The van der Waals surface area contributed by atoms with E-state index in [9.17, 15) is 9.18 Å². The summed E-state index contributed by atoms with van der Waals surface area (Å²) in [6.07, 6.45) is 0.340. The Hall–Kier alpha value is -1.91. The van der Waals surface area contributed by atoms with Gasteiger partial charge in [0, 0.05) is 5.69 Å². The summed E-state index contributed by atoms with van der Waals surface area (Å²) in [6.45, 7) is 0. The molecule has 1 unspecified atom stereocenters. The normalized spacial score (nSPS) is 14.8. The lowest BCUT2D eigenvalue weighted by atomic mass is 9.97. The van der Waals surface area contributed by atoms with E-state index in [1.807, 2.05) is 18.2 Å². The number of nitrogens with one attached hydrogen (secondary N) is 1. The zero-order chi connectivity index (χ0) is 14.3. The quantitative estimate of drug-likeness (QED) is 0.893. The van der Waals surface area contributed by atoms with Crippen molar-refractivity contribution in [3.05, 3.63) is 63.9 Å². The fraction of sp³-hybridized carbons (Fsp3) is 0.133. The van der Waals surface area contributed by atoms with Gasteiger partial charge in [0.2, 0.25) is 5.91 Å². The third kappa shape index (κ3) is 2.17. The number of anilines is 1. The van der Waals surface area contributed by atoms with Gasteiger partial charge in [-0.05, 0) is 28.8 Å². The molecule has 0 aromatic heterocycles. The van der Waals surface area contributed by atoms with Gasteiger partial charge in [0.25, 0.3) is 0 Å². The third-order valence-electron chi connectivity index (χ3n) is 3.43. The smallest absolute Gasteiger partial charge is 0.228 e. The van der Waals surface area contributed by atoms with E-state index in [-0.39, 0.29) is 10.9 Å². The second-order valence-electron chi connectivity index (χ2n) is 4.76. The number of nitrogens with two attached hydrogens (primary N) is 1. The number of fused-ring (bicyclic) bond motifs is 1. The molecule has 5 heteroatoms. The number of hydrogen-bond acceptors (Lipinski definition) is 2. The van der Waals surface area contributed by atoms with Crippen molar-refractivity contribution in [1.29, 1.82) is 0 Å². The van der Waals surface area contributed by atoms with Gasteiger partial charge in [0.05, 0.1) is 17.5 Å². The largest absolute Gasteiger partial charge is 0.326 e. The Morgan fingerprint density at radius 3 is 2.90 bits per heavy atom. The van der Waals surface area contributed by atoms with Crippen LogP contribution in [-0.2, 0) is 11.2 Å². The Bertz CT molecular complexity index is 702. The van der Waals surface area contributed by atoms with Crippen LogP contribution in [0.3, 0.4) is 0 Å². The van der Waals surface area contributed by atoms with Gasteiger partial charge < -0.3 is 11.1 Å². The molecule has 1 aliphatic rings. The number of carbonyl (C=O) groups excluding carboxylic acids is 1. The molecular weight excluding hydrogens is 279 g/mol. The van der Waals surface area contributed by atoms with Gasteiger partial charge in [0.1, 0.15) is 5.82 Å². The SMILES string of the molecule is NC(c1ccc2c(c1)CC(=O)N2)c1cccc(F)c1Cl. The van der Waals surface area contributed by atoms with Crippen LogP contribution in [-0.4, -0.2) is 5.91 Å². The van der Waals surface area contributed by atoms with Crippen LogP contribution in [0.1, 0.15) is 22.7 Å². The molecule has 0 radical (unpaired) electrons. The average Bonchev–Trinajstić information content (AvgIpc) is 2.80. The summed E-state index contributed by atoms with van der Waals surface area (Å²) in [5, 5.41) is 2.79.